The zero-order valence-electron chi connectivity index (χ0n) is 5.39. The average Bonchev–Trinajstić information content (AvgIpc) is 1.81. The fourth-order valence-corrected chi connectivity index (χ4v) is 0.783. The van der Waals surface area contributed by atoms with Crippen molar-refractivity contribution < 1.29 is 13.0 Å². The van der Waals surface area contributed by atoms with Gasteiger partial charge < -0.3 is 0 Å². The van der Waals surface area contributed by atoms with E-state index < -0.39 is 15.9 Å². The molecule has 0 heterocycles. The number of nitrogens with zero attached hydrogens (tertiary/aromatic N) is 2. The van der Waals surface area contributed by atoms with Crippen LogP contribution in [0.5, 0.6) is 0 Å². The average molecular weight is 168 g/mol. The molecule has 0 saturated heterocycles. The minimum atomic E-state index is -3.97. The molecule has 6 nitrogen and oxygen atoms in total. The summed E-state index contributed by atoms with van der Waals surface area (Å²) in [5.41, 5.74) is 0. The van der Waals surface area contributed by atoms with Gasteiger partial charge in [-0.15, -0.1) is 4.91 Å². The molecule has 0 aliphatic heterocycles. The molecule has 0 spiro atoms. The minimum Gasteiger partial charge on any atom is -0.285 e. The molecule has 0 amide bonds. The van der Waals surface area contributed by atoms with Crippen LogP contribution in [0.15, 0.2) is 5.29 Å². The molecule has 7 heteroatoms. The van der Waals surface area contributed by atoms with Gasteiger partial charge in [0.2, 0.25) is 0 Å². The molecule has 0 fully saturated rings. The predicted octanol–water partition coefficient (Wildman–Crippen LogP) is -0.513. The lowest BCUT2D eigenvalue weighted by molar-refractivity contribution is 0.364. The van der Waals surface area contributed by atoms with Gasteiger partial charge in [0.15, 0.2) is 0 Å². The van der Waals surface area contributed by atoms with Crippen LogP contribution in [0.25, 0.3) is 0 Å². The van der Waals surface area contributed by atoms with Gasteiger partial charge in [0.25, 0.3) is 10.1 Å². The summed E-state index contributed by atoms with van der Waals surface area (Å²) in [7, 11) is -2.65. The minimum absolute atomic E-state index is 0.0949. The van der Waals surface area contributed by atoms with E-state index in [0.717, 1.165) is 5.01 Å². The maximum atomic E-state index is 10.0. The van der Waals surface area contributed by atoms with E-state index in [1.165, 1.54) is 7.05 Å². The molecule has 0 unspecified atom stereocenters. The molecule has 0 bridgehead atoms. The van der Waals surface area contributed by atoms with Crippen molar-refractivity contribution in [3.05, 3.63) is 4.91 Å². The van der Waals surface area contributed by atoms with E-state index >= 15 is 0 Å². The quantitative estimate of drug-likeness (QED) is 0.347. The number of hydrogen-bond acceptors (Lipinski definition) is 4. The second-order valence-electron chi connectivity index (χ2n) is 1.75. The highest BCUT2D eigenvalue weighted by Gasteiger charge is 2.05. The van der Waals surface area contributed by atoms with Crippen LogP contribution in [0.2, 0.25) is 0 Å². The van der Waals surface area contributed by atoms with E-state index in [2.05, 4.69) is 5.29 Å². The Morgan fingerprint density at radius 1 is 1.60 bits per heavy atom. The first-order valence-corrected chi connectivity index (χ1v) is 4.06. The highest BCUT2D eigenvalue weighted by atomic mass is 32.2. The van der Waals surface area contributed by atoms with Gasteiger partial charge in [0.1, 0.15) is 0 Å². The second kappa shape index (κ2) is 3.47. The van der Waals surface area contributed by atoms with Gasteiger partial charge in [-0.2, -0.15) is 8.42 Å². The maximum Gasteiger partial charge on any atom is 0.266 e. The lowest BCUT2D eigenvalue weighted by Crippen LogP contribution is -2.20. The summed E-state index contributed by atoms with van der Waals surface area (Å²) in [4.78, 5) is 9.62. The van der Waals surface area contributed by atoms with Crippen molar-refractivity contribution in [3.63, 3.8) is 0 Å². The van der Waals surface area contributed by atoms with Gasteiger partial charge in [-0.05, 0) is 0 Å². The zero-order valence-corrected chi connectivity index (χ0v) is 6.21. The molecule has 0 atom stereocenters. The standard InChI is InChI=1S/C3H8N2O4S/c1-5(4-6)2-3-10(7,8)9/h2-3H2,1H3,(H,7,8,9). The molecule has 0 aromatic rings. The summed E-state index contributed by atoms with van der Waals surface area (Å²) in [5.74, 6) is -0.477. The molecule has 60 valence electrons. The van der Waals surface area contributed by atoms with Crippen LogP contribution in [0.4, 0.5) is 0 Å². The van der Waals surface area contributed by atoms with Gasteiger partial charge in [-0.1, -0.05) is 0 Å². The van der Waals surface area contributed by atoms with Gasteiger partial charge in [-0.25, -0.2) is 0 Å². The molecule has 0 saturated carbocycles. The van der Waals surface area contributed by atoms with Crippen LogP contribution in [0, 0.1) is 4.91 Å². The predicted molar refractivity (Wildman–Crippen MR) is 34.8 cm³/mol. The van der Waals surface area contributed by atoms with Gasteiger partial charge in [0.05, 0.1) is 17.6 Å². The normalized spacial score (nSPS) is 11.0. The third kappa shape index (κ3) is 5.45. The second-order valence-corrected chi connectivity index (χ2v) is 3.32. The zero-order chi connectivity index (χ0) is 8.20. The van der Waals surface area contributed by atoms with Crippen molar-refractivity contribution in [1.29, 1.82) is 0 Å². The molecule has 0 aromatic heterocycles. The van der Waals surface area contributed by atoms with Crippen LogP contribution in [0.1, 0.15) is 0 Å². The third-order valence-corrected chi connectivity index (χ3v) is 1.51. The van der Waals surface area contributed by atoms with Crippen LogP contribution >= 0.6 is 0 Å². The Bertz CT molecular complexity index is 199. The molecule has 0 aliphatic carbocycles. The molecular formula is C3H8N2O4S. The monoisotopic (exact) mass is 168 g/mol. The van der Waals surface area contributed by atoms with Crippen molar-refractivity contribution in [2.45, 2.75) is 0 Å². The molecule has 1 N–H and O–H groups in total. The van der Waals surface area contributed by atoms with E-state index in [4.69, 9.17) is 4.55 Å². The summed E-state index contributed by atoms with van der Waals surface area (Å²) in [5, 5.41) is 3.28. The number of hydrogen-bond donors (Lipinski definition) is 1. The largest absolute Gasteiger partial charge is 0.285 e. The Morgan fingerprint density at radius 3 is 2.40 bits per heavy atom. The van der Waals surface area contributed by atoms with Crippen molar-refractivity contribution in [2.24, 2.45) is 5.29 Å². The van der Waals surface area contributed by atoms with Gasteiger partial charge in [-0.3, -0.25) is 9.56 Å². The summed E-state index contributed by atoms with van der Waals surface area (Å²) in [6, 6.07) is 0. The lowest BCUT2D eigenvalue weighted by Gasteiger charge is -2.04. The SMILES string of the molecule is CN(CCS(=O)(=O)O)N=O. The van der Waals surface area contributed by atoms with Crippen molar-refractivity contribution in [3.8, 4) is 0 Å². The van der Waals surface area contributed by atoms with Crippen LogP contribution in [-0.4, -0.2) is 37.3 Å². The Hall–Kier alpha value is -0.690. The van der Waals surface area contributed by atoms with Crippen molar-refractivity contribution >= 4 is 10.1 Å². The highest BCUT2D eigenvalue weighted by Crippen LogP contribution is 1.86. The topological polar surface area (TPSA) is 87.0 Å². The summed E-state index contributed by atoms with van der Waals surface area (Å²) < 4.78 is 28.2. The number of rotatable bonds is 4. The summed E-state index contributed by atoms with van der Waals surface area (Å²) >= 11 is 0. The first kappa shape index (κ1) is 9.31. The molecule has 0 aromatic carbocycles. The van der Waals surface area contributed by atoms with Crippen LogP contribution in [0.3, 0.4) is 0 Å². The fraction of sp³-hybridized carbons (Fsp3) is 1.00. The lowest BCUT2D eigenvalue weighted by atomic mass is 10.7. The molecule has 0 rings (SSSR count). The Kier molecular flexibility index (Phi) is 3.23. The summed E-state index contributed by atoms with van der Waals surface area (Å²) in [6.45, 7) is -0.0949. The number of nitroso groups, excluding NO2 is 1. The van der Waals surface area contributed by atoms with E-state index in [-0.39, 0.29) is 6.54 Å². The fourth-order valence-electron chi connectivity index (χ4n) is 0.288. The van der Waals surface area contributed by atoms with Gasteiger partial charge >= 0.3 is 0 Å². The molecular weight excluding hydrogens is 160 g/mol. The maximum absolute atomic E-state index is 10.0. The van der Waals surface area contributed by atoms with E-state index in [9.17, 15) is 13.3 Å². The first-order valence-electron chi connectivity index (χ1n) is 2.45. The van der Waals surface area contributed by atoms with Crippen molar-refractivity contribution in [1.82, 2.24) is 5.01 Å². The first-order chi connectivity index (χ1) is 4.45. The van der Waals surface area contributed by atoms with Crippen LogP contribution < -0.4 is 0 Å². The molecule has 0 aliphatic rings. The Morgan fingerprint density at radius 2 is 2.10 bits per heavy atom. The van der Waals surface area contributed by atoms with Crippen LogP contribution in [-0.2, 0) is 10.1 Å². The van der Waals surface area contributed by atoms with Gasteiger partial charge in [0, 0.05) is 7.05 Å². The smallest absolute Gasteiger partial charge is 0.266 e. The Labute approximate surface area is 58.5 Å². The highest BCUT2D eigenvalue weighted by molar-refractivity contribution is 7.85. The third-order valence-electron chi connectivity index (χ3n) is 0.812. The van der Waals surface area contributed by atoms with Crippen molar-refractivity contribution in [2.75, 3.05) is 19.3 Å². The van der Waals surface area contributed by atoms with E-state index in [0.29, 0.717) is 0 Å². The molecule has 0 radical (unpaired) electrons. The molecule has 10 heavy (non-hydrogen) atoms. The van der Waals surface area contributed by atoms with E-state index in [1.807, 2.05) is 0 Å². The van der Waals surface area contributed by atoms with E-state index in [1.54, 1.807) is 0 Å². The Balaban J connectivity index is 3.66. The summed E-state index contributed by atoms with van der Waals surface area (Å²) in [6.07, 6.45) is 0.